The van der Waals surface area contributed by atoms with Crippen molar-refractivity contribution in [1.82, 2.24) is 0 Å². The van der Waals surface area contributed by atoms with Crippen LogP contribution in [0.3, 0.4) is 0 Å². The van der Waals surface area contributed by atoms with E-state index in [0.29, 0.717) is 6.42 Å². The summed E-state index contributed by atoms with van der Waals surface area (Å²) in [6, 6.07) is 0. The van der Waals surface area contributed by atoms with E-state index in [1.807, 2.05) is 6.92 Å². The first-order chi connectivity index (χ1) is 6.11. The van der Waals surface area contributed by atoms with Gasteiger partial charge in [0, 0.05) is 0 Å². The molecule has 0 nitrogen and oxygen atoms in total. The summed E-state index contributed by atoms with van der Waals surface area (Å²) in [4.78, 5) is 0. The molecule has 0 aliphatic heterocycles. The average molecular weight is 188 g/mol. The van der Waals surface area contributed by atoms with Crippen molar-refractivity contribution in [1.29, 1.82) is 0 Å². The van der Waals surface area contributed by atoms with Gasteiger partial charge in [0.2, 0.25) is 0 Å². The molecule has 0 N–H and O–H groups in total. The lowest BCUT2D eigenvalue weighted by Gasteiger charge is -2.15. The Morgan fingerprint density at radius 1 is 1.54 bits per heavy atom. The zero-order valence-corrected chi connectivity index (χ0v) is 8.39. The van der Waals surface area contributed by atoms with E-state index in [1.165, 1.54) is 6.92 Å². The predicted octanol–water partition coefficient (Wildman–Crippen LogP) is 4.19. The van der Waals surface area contributed by atoms with E-state index >= 15 is 0 Å². The normalized spacial score (nSPS) is 16.8. The molecule has 0 rings (SSSR count). The summed E-state index contributed by atoms with van der Waals surface area (Å²) in [6.45, 7) is 6.83. The fourth-order valence-electron chi connectivity index (χ4n) is 1.35. The molecule has 2 atom stereocenters. The Kier molecular flexibility index (Phi) is 6.47. The smallest absolute Gasteiger partial charge is 0.124 e. The highest BCUT2D eigenvalue weighted by molar-refractivity contribution is 4.97. The van der Waals surface area contributed by atoms with Gasteiger partial charge in [0.15, 0.2) is 0 Å². The topological polar surface area (TPSA) is 0 Å². The highest BCUT2D eigenvalue weighted by Crippen LogP contribution is 2.21. The molecular weight excluding hydrogens is 170 g/mol. The summed E-state index contributed by atoms with van der Waals surface area (Å²) in [5, 5.41) is 0. The molecule has 0 aliphatic carbocycles. The van der Waals surface area contributed by atoms with Gasteiger partial charge < -0.3 is 0 Å². The third-order valence-electron chi connectivity index (χ3n) is 1.97. The molecule has 0 heterocycles. The minimum absolute atomic E-state index is 0.117. The molecule has 0 saturated heterocycles. The Hall–Kier alpha value is -0.660. The molecule has 0 amide bonds. The monoisotopic (exact) mass is 188 g/mol. The lowest BCUT2D eigenvalue weighted by molar-refractivity contribution is 0.263. The summed E-state index contributed by atoms with van der Waals surface area (Å²) in [5.41, 5.74) is 0. The van der Waals surface area contributed by atoms with Crippen molar-refractivity contribution in [3.63, 3.8) is 0 Å². The van der Waals surface area contributed by atoms with Crippen LogP contribution in [0, 0.1) is 5.92 Å². The summed E-state index contributed by atoms with van der Waals surface area (Å²) >= 11 is 0. The Morgan fingerprint density at radius 3 is 2.54 bits per heavy atom. The third kappa shape index (κ3) is 5.56. The minimum atomic E-state index is -1.18. The molecule has 0 aromatic heterocycles. The van der Waals surface area contributed by atoms with Gasteiger partial charge in [0.1, 0.15) is 6.17 Å². The molecule has 0 saturated carbocycles. The summed E-state index contributed by atoms with van der Waals surface area (Å²) < 4.78 is 25.7. The van der Waals surface area contributed by atoms with Crippen LogP contribution in [-0.2, 0) is 0 Å². The maximum absolute atomic E-state index is 13.3. The lowest BCUT2D eigenvalue weighted by atomic mass is 9.94. The van der Waals surface area contributed by atoms with Gasteiger partial charge in [0.05, 0.1) is 5.83 Å². The van der Waals surface area contributed by atoms with Gasteiger partial charge in [-0.05, 0) is 31.8 Å². The zero-order valence-electron chi connectivity index (χ0n) is 8.39. The van der Waals surface area contributed by atoms with Crippen LogP contribution < -0.4 is 0 Å². The van der Waals surface area contributed by atoms with E-state index < -0.39 is 12.0 Å². The second kappa shape index (κ2) is 6.81. The molecule has 2 heteroatoms. The van der Waals surface area contributed by atoms with Crippen LogP contribution in [0.2, 0.25) is 0 Å². The molecule has 0 radical (unpaired) electrons. The second-order valence-electron chi connectivity index (χ2n) is 3.27. The van der Waals surface area contributed by atoms with Gasteiger partial charge in [0.25, 0.3) is 0 Å². The highest BCUT2D eigenvalue weighted by Gasteiger charge is 2.16. The van der Waals surface area contributed by atoms with E-state index in [4.69, 9.17) is 0 Å². The molecule has 76 valence electrons. The van der Waals surface area contributed by atoms with E-state index in [2.05, 4.69) is 6.58 Å². The van der Waals surface area contributed by atoms with Gasteiger partial charge in [-0.3, -0.25) is 0 Å². The number of hydrogen-bond acceptors (Lipinski definition) is 0. The molecule has 2 unspecified atom stereocenters. The fraction of sp³-hybridized carbons (Fsp3) is 0.636. The Balaban J connectivity index is 4.17. The van der Waals surface area contributed by atoms with Gasteiger partial charge in [-0.1, -0.05) is 19.4 Å². The molecule has 0 aliphatic rings. The van der Waals surface area contributed by atoms with Crippen LogP contribution in [0.4, 0.5) is 8.78 Å². The number of halogens is 2. The van der Waals surface area contributed by atoms with Crippen molar-refractivity contribution >= 4 is 0 Å². The molecular formula is C11H18F2. The van der Waals surface area contributed by atoms with Crippen molar-refractivity contribution in [2.75, 3.05) is 0 Å². The molecule has 0 fully saturated rings. The van der Waals surface area contributed by atoms with Crippen LogP contribution in [0.1, 0.15) is 33.1 Å². The van der Waals surface area contributed by atoms with Crippen LogP contribution in [0.25, 0.3) is 0 Å². The molecule has 0 aromatic carbocycles. The second-order valence-corrected chi connectivity index (χ2v) is 3.27. The van der Waals surface area contributed by atoms with Crippen molar-refractivity contribution in [2.45, 2.75) is 39.3 Å². The average Bonchev–Trinajstić information content (AvgIpc) is 2.02. The summed E-state index contributed by atoms with van der Waals surface area (Å²) in [5.74, 6) is -0.564. The SMILES string of the molecule is C=CCC(CCC)C(F)/C=C(\C)F. The summed E-state index contributed by atoms with van der Waals surface area (Å²) in [7, 11) is 0. The standard InChI is InChI=1S/C11H18F2/c1-4-6-10(7-5-2)11(13)8-9(3)12/h4,8,10-11H,1,5-7H2,2-3H3/b9-8+. The van der Waals surface area contributed by atoms with Gasteiger partial charge in [-0.15, -0.1) is 6.58 Å². The maximum Gasteiger partial charge on any atom is 0.124 e. The molecule has 13 heavy (non-hydrogen) atoms. The lowest BCUT2D eigenvalue weighted by Crippen LogP contribution is -2.13. The minimum Gasteiger partial charge on any atom is -0.243 e. The molecule has 0 aromatic rings. The number of alkyl halides is 1. The zero-order chi connectivity index (χ0) is 10.3. The van der Waals surface area contributed by atoms with Crippen LogP contribution in [0.15, 0.2) is 24.6 Å². The number of allylic oxidation sites excluding steroid dienone is 3. The quantitative estimate of drug-likeness (QED) is 0.548. The van der Waals surface area contributed by atoms with Crippen LogP contribution >= 0.6 is 0 Å². The maximum atomic E-state index is 13.3. The third-order valence-corrected chi connectivity index (χ3v) is 1.97. The Labute approximate surface area is 79.3 Å². The van der Waals surface area contributed by atoms with Crippen LogP contribution in [-0.4, -0.2) is 6.17 Å². The van der Waals surface area contributed by atoms with E-state index in [-0.39, 0.29) is 5.92 Å². The number of rotatable bonds is 6. The van der Waals surface area contributed by atoms with Crippen molar-refractivity contribution in [3.8, 4) is 0 Å². The molecule has 0 spiro atoms. The number of hydrogen-bond donors (Lipinski definition) is 0. The fourth-order valence-corrected chi connectivity index (χ4v) is 1.35. The van der Waals surface area contributed by atoms with Crippen molar-refractivity contribution < 1.29 is 8.78 Å². The summed E-state index contributed by atoms with van der Waals surface area (Å²) in [6.07, 6.45) is 3.86. The first kappa shape index (κ1) is 12.3. The van der Waals surface area contributed by atoms with Gasteiger partial charge >= 0.3 is 0 Å². The Morgan fingerprint density at radius 2 is 2.15 bits per heavy atom. The van der Waals surface area contributed by atoms with Crippen molar-refractivity contribution in [3.05, 3.63) is 24.6 Å². The highest BCUT2D eigenvalue weighted by atomic mass is 19.1. The predicted molar refractivity (Wildman–Crippen MR) is 53.0 cm³/mol. The first-order valence-corrected chi connectivity index (χ1v) is 4.70. The van der Waals surface area contributed by atoms with E-state index in [1.54, 1.807) is 6.08 Å². The van der Waals surface area contributed by atoms with Gasteiger partial charge in [-0.25, -0.2) is 8.78 Å². The van der Waals surface area contributed by atoms with Gasteiger partial charge in [-0.2, -0.15) is 0 Å². The largest absolute Gasteiger partial charge is 0.243 e. The first-order valence-electron chi connectivity index (χ1n) is 4.70. The van der Waals surface area contributed by atoms with E-state index in [0.717, 1.165) is 18.9 Å². The Bertz CT molecular complexity index is 169. The van der Waals surface area contributed by atoms with Crippen LogP contribution in [0.5, 0.6) is 0 Å². The molecule has 0 bridgehead atoms. The van der Waals surface area contributed by atoms with E-state index in [9.17, 15) is 8.78 Å². The van der Waals surface area contributed by atoms with Crippen molar-refractivity contribution in [2.24, 2.45) is 5.92 Å².